The quantitative estimate of drug-likeness (QED) is 0.192. The van der Waals surface area contributed by atoms with Crippen LogP contribution in [-0.2, 0) is 4.79 Å². The zero-order chi connectivity index (χ0) is 13.2. The average molecular weight is 254 g/mol. The van der Waals surface area contributed by atoms with Crippen molar-refractivity contribution in [3.8, 4) is 17.8 Å². The van der Waals surface area contributed by atoms with Crippen molar-refractivity contribution in [3.05, 3.63) is 29.1 Å². The van der Waals surface area contributed by atoms with Crippen LogP contribution in [0.4, 0.5) is 26.3 Å². The number of benzene rings is 1. The van der Waals surface area contributed by atoms with Crippen LogP contribution in [0.5, 0.6) is 5.75 Å². The van der Waals surface area contributed by atoms with Gasteiger partial charge in [-0.05, 0) is 0 Å². The molecule has 0 amide bonds. The van der Waals surface area contributed by atoms with Crippen LogP contribution < -0.4 is 4.74 Å². The minimum atomic E-state index is -2.41. The third-order valence-corrected chi connectivity index (χ3v) is 1.51. The summed E-state index contributed by atoms with van der Waals surface area (Å²) in [4.78, 5) is 10.5. The Balaban J connectivity index is 3.33. The molecule has 0 N–H and O–H groups in total. The van der Waals surface area contributed by atoms with Gasteiger partial charge in [0.05, 0.1) is 5.92 Å². The molecule has 0 spiro atoms. The second-order valence-electron chi connectivity index (χ2n) is 2.51. The summed E-state index contributed by atoms with van der Waals surface area (Å²) in [5.41, 5.74) is 0. The molecule has 0 aliphatic heterocycles. The van der Waals surface area contributed by atoms with Crippen LogP contribution >= 0.6 is 0 Å². The second kappa shape index (κ2) is 4.78. The Morgan fingerprint density at radius 1 is 0.882 bits per heavy atom. The Hall–Kier alpha value is -2.17. The van der Waals surface area contributed by atoms with Crippen molar-refractivity contribution in [1.29, 1.82) is 0 Å². The van der Waals surface area contributed by atoms with Gasteiger partial charge in [-0.25, -0.2) is 18.0 Å². The Bertz CT molecular complexity index is 514. The molecule has 1 aromatic carbocycles. The first-order valence-electron chi connectivity index (χ1n) is 3.75. The van der Waals surface area contributed by atoms with Crippen LogP contribution in [0.1, 0.15) is 0 Å². The summed E-state index contributed by atoms with van der Waals surface area (Å²) >= 11 is 0. The van der Waals surface area contributed by atoms with Crippen molar-refractivity contribution in [3.63, 3.8) is 0 Å². The van der Waals surface area contributed by atoms with Crippen LogP contribution in [0.2, 0.25) is 0 Å². The van der Waals surface area contributed by atoms with Gasteiger partial charge < -0.3 is 4.74 Å². The van der Waals surface area contributed by atoms with Gasteiger partial charge in [0.1, 0.15) is 6.17 Å². The lowest BCUT2D eigenvalue weighted by Crippen LogP contribution is -2.11. The molecular formula is C9F6O2. The minimum Gasteiger partial charge on any atom is -0.410 e. The molecule has 0 aliphatic rings. The third-order valence-electron chi connectivity index (χ3n) is 1.51. The van der Waals surface area contributed by atoms with Crippen LogP contribution in [0.3, 0.4) is 0 Å². The summed E-state index contributed by atoms with van der Waals surface area (Å²) in [7, 11) is 0. The average Bonchev–Trinajstić information content (AvgIpc) is 2.30. The Morgan fingerprint density at radius 2 is 1.29 bits per heavy atom. The van der Waals surface area contributed by atoms with Gasteiger partial charge in [-0.2, -0.15) is 8.78 Å². The van der Waals surface area contributed by atoms with E-state index in [0.29, 0.717) is 6.17 Å². The number of ether oxygens (including phenoxy) is 1. The number of rotatable bonds is 1. The number of esters is 1. The van der Waals surface area contributed by atoms with Gasteiger partial charge >= 0.3 is 5.97 Å². The monoisotopic (exact) mass is 254 g/mol. The molecule has 2 nitrogen and oxygen atoms in total. The van der Waals surface area contributed by atoms with Gasteiger partial charge in [0.15, 0.2) is 0 Å². The minimum absolute atomic E-state index is 0.536. The topological polar surface area (TPSA) is 26.3 Å². The van der Waals surface area contributed by atoms with Crippen molar-refractivity contribution in [2.45, 2.75) is 0 Å². The molecular weight excluding hydrogens is 254 g/mol. The van der Waals surface area contributed by atoms with Crippen molar-refractivity contribution in [1.82, 2.24) is 0 Å². The summed E-state index contributed by atoms with van der Waals surface area (Å²) in [5, 5.41) is 0. The van der Waals surface area contributed by atoms with Gasteiger partial charge in [0, 0.05) is 0 Å². The van der Waals surface area contributed by atoms with Gasteiger partial charge in [0.25, 0.3) is 0 Å². The Morgan fingerprint density at radius 3 is 1.71 bits per heavy atom. The molecule has 0 aromatic heterocycles. The van der Waals surface area contributed by atoms with Crippen LogP contribution in [0.15, 0.2) is 0 Å². The van der Waals surface area contributed by atoms with E-state index in [1.807, 2.05) is 0 Å². The summed E-state index contributed by atoms with van der Waals surface area (Å²) in [6.45, 7) is 0. The molecule has 1 aromatic rings. The molecule has 0 fully saturated rings. The fourth-order valence-electron chi connectivity index (χ4n) is 0.831. The first-order chi connectivity index (χ1) is 7.90. The fourth-order valence-corrected chi connectivity index (χ4v) is 0.831. The van der Waals surface area contributed by atoms with E-state index < -0.39 is 40.8 Å². The van der Waals surface area contributed by atoms with E-state index >= 15 is 0 Å². The fraction of sp³-hybridized carbons (Fsp3) is 0. The zero-order valence-electron chi connectivity index (χ0n) is 7.58. The third kappa shape index (κ3) is 2.33. The summed E-state index contributed by atoms with van der Waals surface area (Å²) < 4.78 is 78.4. The molecule has 90 valence electrons. The van der Waals surface area contributed by atoms with E-state index in [2.05, 4.69) is 4.74 Å². The lowest BCUT2D eigenvalue weighted by atomic mass is 10.2. The first kappa shape index (κ1) is 12.9. The van der Waals surface area contributed by atoms with E-state index in [4.69, 9.17) is 0 Å². The van der Waals surface area contributed by atoms with Crippen molar-refractivity contribution >= 4 is 5.97 Å². The van der Waals surface area contributed by atoms with Crippen molar-refractivity contribution in [2.24, 2.45) is 0 Å². The van der Waals surface area contributed by atoms with E-state index in [9.17, 15) is 31.1 Å². The molecule has 0 saturated carbocycles. The standard InChI is InChI=1S/C9F6O2/c10-2-1-3(16)17-9-7(14)5(12)4(11)6(13)8(9)15. The molecule has 0 heterocycles. The smallest absolute Gasteiger partial charge is 0.392 e. The van der Waals surface area contributed by atoms with E-state index in [-0.39, 0.29) is 0 Å². The lowest BCUT2D eigenvalue weighted by molar-refractivity contribution is -0.128. The van der Waals surface area contributed by atoms with Gasteiger partial charge in [-0.15, -0.1) is 4.39 Å². The molecule has 1 rings (SSSR count). The SMILES string of the molecule is O=C(C#CF)Oc1c(F)c(F)c(F)c(F)c1F. The second-order valence-corrected chi connectivity index (χ2v) is 2.51. The maximum atomic E-state index is 12.9. The van der Waals surface area contributed by atoms with E-state index in [0.717, 1.165) is 5.92 Å². The highest BCUT2D eigenvalue weighted by molar-refractivity contribution is 5.89. The Labute approximate surface area is 89.8 Å². The predicted molar refractivity (Wildman–Crippen MR) is 40.8 cm³/mol. The first-order valence-corrected chi connectivity index (χ1v) is 3.75. The van der Waals surface area contributed by atoms with Gasteiger partial charge in [-0.3, -0.25) is 0 Å². The van der Waals surface area contributed by atoms with E-state index in [1.165, 1.54) is 0 Å². The number of hydrogen-bond acceptors (Lipinski definition) is 2. The highest BCUT2D eigenvalue weighted by atomic mass is 19.2. The summed E-state index contributed by atoms with van der Waals surface area (Å²) in [6, 6.07) is 0. The Kier molecular flexibility index (Phi) is 3.62. The molecule has 17 heavy (non-hydrogen) atoms. The number of carbonyl (C=O) groups is 1. The molecule has 0 radical (unpaired) electrons. The molecule has 8 heteroatoms. The largest absolute Gasteiger partial charge is 0.410 e. The van der Waals surface area contributed by atoms with Gasteiger partial charge in [-0.1, -0.05) is 0 Å². The molecule has 0 unspecified atom stereocenters. The number of carbonyl (C=O) groups excluding carboxylic acids is 1. The lowest BCUT2D eigenvalue weighted by Gasteiger charge is -2.06. The maximum Gasteiger partial charge on any atom is 0.392 e. The zero-order valence-corrected chi connectivity index (χ0v) is 7.58. The van der Waals surface area contributed by atoms with E-state index in [1.54, 1.807) is 0 Å². The van der Waals surface area contributed by atoms with Crippen molar-refractivity contribution in [2.75, 3.05) is 0 Å². The molecule has 0 atom stereocenters. The van der Waals surface area contributed by atoms with Crippen LogP contribution in [0.25, 0.3) is 0 Å². The highest BCUT2D eigenvalue weighted by Crippen LogP contribution is 2.28. The highest BCUT2D eigenvalue weighted by Gasteiger charge is 2.28. The van der Waals surface area contributed by atoms with Crippen molar-refractivity contribution < 1.29 is 35.9 Å². The summed E-state index contributed by atoms with van der Waals surface area (Å²) in [5.74, 6) is -14.3. The predicted octanol–water partition coefficient (Wildman–Crippen LogP) is 2.22. The number of halogens is 6. The maximum absolute atomic E-state index is 12.9. The van der Waals surface area contributed by atoms with Gasteiger partial charge in [0.2, 0.25) is 34.8 Å². The summed E-state index contributed by atoms with van der Waals surface area (Å²) in [6.07, 6.45) is 0.536. The normalized spacial score (nSPS) is 9.53. The molecule has 0 saturated heterocycles. The molecule has 0 aliphatic carbocycles. The van der Waals surface area contributed by atoms with Crippen LogP contribution in [-0.4, -0.2) is 5.97 Å². The molecule has 0 bridgehead atoms. The van der Waals surface area contributed by atoms with Crippen LogP contribution in [0, 0.1) is 41.2 Å². The number of hydrogen-bond donors (Lipinski definition) is 0.